The molecule has 0 unspecified atom stereocenters. The van der Waals surface area contributed by atoms with Crippen LogP contribution in [0.1, 0.15) is 66.9 Å². The number of hydrogen-bond acceptors (Lipinski definition) is 3. The van der Waals surface area contributed by atoms with Crippen LogP contribution in [-0.4, -0.2) is 23.4 Å². The van der Waals surface area contributed by atoms with Crippen LogP contribution in [0.2, 0.25) is 0 Å². The molecule has 0 heterocycles. The second-order valence-corrected chi connectivity index (χ2v) is 10.2. The normalized spacial score (nSPS) is 14.0. The van der Waals surface area contributed by atoms with Gasteiger partial charge in [0.1, 0.15) is 11.5 Å². The van der Waals surface area contributed by atoms with Crippen LogP contribution < -0.4 is 10.5 Å². The Labute approximate surface area is 217 Å². The molecule has 184 valence electrons. The maximum absolute atomic E-state index is 13.4. The molecule has 3 aromatic rings. The van der Waals surface area contributed by atoms with Crippen molar-refractivity contribution in [3.8, 4) is 11.5 Å². The monoisotopic (exact) mass is 534 g/mol. The Morgan fingerprint density at radius 3 is 2.57 bits per heavy atom. The zero-order valence-corrected chi connectivity index (χ0v) is 22.1. The highest BCUT2D eigenvalue weighted by atomic mass is 79.9. The summed E-state index contributed by atoms with van der Waals surface area (Å²) in [5.74, 6) is 1.70. The molecule has 4 rings (SSSR count). The van der Waals surface area contributed by atoms with Gasteiger partial charge in [0.05, 0.1) is 4.47 Å². The molecule has 0 radical (unpaired) electrons. The van der Waals surface area contributed by atoms with E-state index in [0.717, 1.165) is 77.0 Å². The van der Waals surface area contributed by atoms with E-state index in [-0.39, 0.29) is 5.91 Å². The van der Waals surface area contributed by atoms with Crippen molar-refractivity contribution in [3.63, 3.8) is 0 Å². The lowest BCUT2D eigenvalue weighted by atomic mass is 9.93. The molecule has 0 aliphatic heterocycles. The minimum absolute atomic E-state index is 0.170. The van der Waals surface area contributed by atoms with E-state index in [1.807, 2.05) is 54.6 Å². The van der Waals surface area contributed by atoms with Crippen LogP contribution in [0.3, 0.4) is 0 Å². The van der Waals surface area contributed by atoms with Crippen molar-refractivity contribution >= 4 is 27.5 Å². The molecule has 1 fully saturated rings. The smallest absolute Gasteiger partial charge is 0.254 e. The maximum atomic E-state index is 13.4. The Morgan fingerprint density at radius 2 is 1.80 bits per heavy atom. The molecule has 0 bridgehead atoms. The summed E-state index contributed by atoms with van der Waals surface area (Å²) in [5, 5.41) is 0. The maximum Gasteiger partial charge on any atom is 0.254 e. The number of nitrogen functional groups attached to an aromatic ring is 1. The molecule has 3 aromatic carbocycles. The van der Waals surface area contributed by atoms with Gasteiger partial charge in [0.2, 0.25) is 0 Å². The zero-order valence-electron chi connectivity index (χ0n) is 20.5. The van der Waals surface area contributed by atoms with Crippen molar-refractivity contribution in [2.24, 2.45) is 0 Å². The van der Waals surface area contributed by atoms with E-state index in [9.17, 15) is 4.79 Å². The second-order valence-electron chi connectivity index (χ2n) is 9.38. The van der Waals surface area contributed by atoms with Gasteiger partial charge in [-0.05, 0) is 102 Å². The summed E-state index contributed by atoms with van der Waals surface area (Å²) >= 11 is 3.53. The number of ether oxygens (including phenoxy) is 1. The standard InChI is InChI=1S/C30H35BrN2O2/c1-2-19-33(25-11-4-3-5-12-25)30(34)24-10-8-9-22(20-24)15-16-23-21-26(17-18-28(23)32)35-29-14-7-6-13-27(29)31/h6-10,13-14,17-18,20-21,25H,2-5,11-12,15-16,19,32H2,1H3. The minimum atomic E-state index is 0.170. The average molecular weight is 536 g/mol. The Kier molecular flexibility index (Phi) is 8.86. The van der Waals surface area contributed by atoms with Gasteiger partial charge in [-0.1, -0.05) is 50.5 Å². The number of carbonyl (C=O) groups excluding carboxylic acids is 1. The first-order valence-electron chi connectivity index (χ1n) is 12.8. The Morgan fingerprint density at radius 1 is 1.00 bits per heavy atom. The first kappa shape index (κ1) is 25.3. The van der Waals surface area contributed by atoms with Gasteiger partial charge in [-0.3, -0.25) is 4.79 Å². The van der Waals surface area contributed by atoms with Gasteiger partial charge in [0.15, 0.2) is 0 Å². The van der Waals surface area contributed by atoms with Gasteiger partial charge in [-0.15, -0.1) is 0 Å². The number of aryl methyl sites for hydroxylation is 2. The molecule has 1 aliphatic rings. The summed E-state index contributed by atoms with van der Waals surface area (Å²) in [6.07, 6.45) is 8.56. The molecule has 0 atom stereocenters. The molecule has 1 amide bonds. The third-order valence-electron chi connectivity index (χ3n) is 6.78. The fourth-order valence-electron chi connectivity index (χ4n) is 4.90. The number of carbonyl (C=O) groups is 1. The predicted molar refractivity (Wildman–Crippen MR) is 147 cm³/mol. The molecular weight excluding hydrogens is 500 g/mol. The van der Waals surface area contributed by atoms with Gasteiger partial charge < -0.3 is 15.4 Å². The largest absolute Gasteiger partial charge is 0.456 e. The molecule has 5 heteroatoms. The van der Waals surface area contributed by atoms with E-state index >= 15 is 0 Å². The van der Waals surface area contributed by atoms with Crippen molar-refractivity contribution in [1.29, 1.82) is 0 Å². The average Bonchev–Trinajstić information content (AvgIpc) is 2.89. The van der Waals surface area contributed by atoms with Gasteiger partial charge >= 0.3 is 0 Å². The number of anilines is 1. The lowest BCUT2D eigenvalue weighted by Gasteiger charge is -2.34. The summed E-state index contributed by atoms with van der Waals surface area (Å²) in [6.45, 7) is 2.98. The quantitative estimate of drug-likeness (QED) is 0.285. The summed E-state index contributed by atoms with van der Waals surface area (Å²) < 4.78 is 6.97. The van der Waals surface area contributed by atoms with Crippen LogP contribution in [0.15, 0.2) is 71.2 Å². The van der Waals surface area contributed by atoms with Crippen LogP contribution in [0.4, 0.5) is 5.69 Å². The highest BCUT2D eigenvalue weighted by molar-refractivity contribution is 9.10. The molecule has 35 heavy (non-hydrogen) atoms. The highest BCUT2D eigenvalue weighted by Crippen LogP contribution is 2.31. The molecule has 0 saturated heterocycles. The van der Waals surface area contributed by atoms with Crippen molar-refractivity contribution in [2.75, 3.05) is 12.3 Å². The molecular formula is C30H35BrN2O2. The summed E-state index contributed by atoms with van der Waals surface area (Å²) in [5.41, 5.74) is 10.0. The number of amides is 1. The van der Waals surface area contributed by atoms with E-state index in [1.165, 1.54) is 19.3 Å². The number of nitrogens with zero attached hydrogens (tertiary/aromatic N) is 1. The Hall–Kier alpha value is -2.79. The lowest BCUT2D eigenvalue weighted by molar-refractivity contribution is 0.0634. The first-order chi connectivity index (χ1) is 17.0. The SMILES string of the molecule is CCCN(C(=O)c1cccc(CCc2cc(Oc3ccccc3Br)ccc2N)c1)C1CCCCC1. The van der Waals surface area contributed by atoms with Gasteiger partial charge in [-0.2, -0.15) is 0 Å². The van der Waals surface area contributed by atoms with Crippen LogP contribution in [0, 0.1) is 0 Å². The fraction of sp³-hybridized carbons (Fsp3) is 0.367. The van der Waals surface area contributed by atoms with E-state index in [2.05, 4.69) is 39.9 Å². The molecule has 4 nitrogen and oxygen atoms in total. The molecule has 0 spiro atoms. The van der Waals surface area contributed by atoms with E-state index < -0.39 is 0 Å². The van der Waals surface area contributed by atoms with Gasteiger partial charge in [0.25, 0.3) is 5.91 Å². The van der Waals surface area contributed by atoms with Crippen LogP contribution >= 0.6 is 15.9 Å². The second kappa shape index (κ2) is 12.3. The third-order valence-corrected chi connectivity index (χ3v) is 7.43. The van der Waals surface area contributed by atoms with Gasteiger partial charge in [0, 0.05) is 23.8 Å². The number of halogens is 1. The minimum Gasteiger partial charge on any atom is -0.456 e. The van der Waals surface area contributed by atoms with Crippen LogP contribution in [0.5, 0.6) is 11.5 Å². The zero-order chi connectivity index (χ0) is 24.6. The van der Waals surface area contributed by atoms with Crippen molar-refractivity contribution in [3.05, 3.63) is 87.9 Å². The molecule has 0 aromatic heterocycles. The Bertz CT molecular complexity index is 1140. The topological polar surface area (TPSA) is 55.6 Å². The number of rotatable bonds is 9. The highest BCUT2D eigenvalue weighted by Gasteiger charge is 2.25. The van der Waals surface area contributed by atoms with Crippen LogP contribution in [0.25, 0.3) is 0 Å². The van der Waals surface area contributed by atoms with E-state index in [0.29, 0.717) is 6.04 Å². The molecule has 1 aliphatic carbocycles. The van der Waals surface area contributed by atoms with Crippen LogP contribution in [-0.2, 0) is 12.8 Å². The number of nitrogens with two attached hydrogens (primary N) is 1. The molecule has 1 saturated carbocycles. The van der Waals surface area contributed by atoms with E-state index in [4.69, 9.17) is 10.5 Å². The number of hydrogen-bond donors (Lipinski definition) is 1. The predicted octanol–water partition coefficient (Wildman–Crippen LogP) is 7.79. The first-order valence-corrected chi connectivity index (χ1v) is 13.5. The van der Waals surface area contributed by atoms with Gasteiger partial charge in [-0.25, -0.2) is 0 Å². The van der Waals surface area contributed by atoms with Crippen molar-refractivity contribution in [2.45, 2.75) is 64.3 Å². The number of para-hydroxylation sites is 1. The van der Waals surface area contributed by atoms with Crippen molar-refractivity contribution in [1.82, 2.24) is 4.90 Å². The van der Waals surface area contributed by atoms with E-state index in [1.54, 1.807) is 0 Å². The summed E-state index contributed by atoms with van der Waals surface area (Å²) in [4.78, 5) is 15.6. The number of benzene rings is 3. The molecule has 2 N–H and O–H groups in total. The van der Waals surface area contributed by atoms with Crippen molar-refractivity contribution < 1.29 is 9.53 Å². The summed E-state index contributed by atoms with van der Waals surface area (Å²) in [6, 6.07) is 22.1. The summed E-state index contributed by atoms with van der Waals surface area (Å²) in [7, 11) is 0. The third kappa shape index (κ3) is 6.66. The Balaban J connectivity index is 1.45. The lowest BCUT2D eigenvalue weighted by Crippen LogP contribution is -2.42. The fourth-order valence-corrected chi connectivity index (χ4v) is 5.27.